The fourth-order valence-corrected chi connectivity index (χ4v) is 3.75. The van der Waals surface area contributed by atoms with Gasteiger partial charge in [0, 0.05) is 33.8 Å². The van der Waals surface area contributed by atoms with E-state index in [9.17, 15) is 4.79 Å². The lowest BCUT2D eigenvalue weighted by Gasteiger charge is -2.40. The van der Waals surface area contributed by atoms with E-state index in [1.165, 1.54) is 0 Å². The van der Waals surface area contributed by atoms with Crippen molar-refractivity contribution in [3.63, 3.8) is 0 Å². The summed E-state index contributed by atoms with van der Waals surface area (Å²) in [6.07, 6.45) is 0.544. The fraction of sp³-hybridized carbons (Fsp3) is 0.316. The quantitative estimate of drug-likeness (QED) is 0.852. The third-order valence-corrected chi connectivity index (χ3v) is 5.25. The number of benzene rings is 2. The standard InChI is InChI=1S/C19H20Cl2N2O/c1-12(2)23(3)19(11-13-5-4-6-14(20)9-13)16-8-7-15(21)10-17(16)22-18(19)24/h4-10,12H,11H2,1-3H3,(H,22,24). The number of hydrogen-bond acceptors (Lipinski definition) is 2. The number of halogens is 2. The van der Waals surface area contributed by atoms with Gasteiger partial charge in [-0.3, -0.25) is 9.69 Å². The van der Waals surface area contributed by atoms with Gasteiger partial charge in [-0.2, -0.15) is 0 Å². The summed E-state index contributed by atoms with van der Waals surface area (Å²) >= 11 is 12.2. The SMILES string of the molecule is CC(C)N(C)C1(Cc2cccc(Cl)c2)C(=O)Nc2cc(Cl)ccc21. The van der Waals surface area contributed by atoms with Gasteiger partial charge in [0.05, 0.1) is 0 Å². The van der Waals surface area contributed by atoms with Gasteiger partial charge in [0.15, 0.2) is 0 Å². The first-order valence-electron chi connectivity index (χ1n) is 7.93. The van der Waals surface area contributed by atoms with Crippen molar-refractivity contribution in [3.05, 3.63) is 63.6 Å². The van der Waals surface area contributed by atoms with Crippen molar-refractivity contribution in [2.24, 2.45) is 0 Å². The third kappa shape index (κ3) is 2.81. The molecule has 3 nitrogen and oxygen atoms in total. The van der Waals surface area contributed by atoms with Crippen molar-refractivity contribution in [1.82, 2.24) is 4.90 Å². The Morgan fingerprint density at radius 2 is 1.83 bits per heavy atom. The van der Waals surface area contributed by atoms with E-state index in [1.807, 2.05) is 49.5 Å². The second kappa shape index (κ2) is 6.40. The van der Waals surface area contributed by atoms with E-state index in [0.717, 1.165) is 16.8 Å². The molecule has 1 N–H and O–H groups in total. The Morgan fingerprint density at radius 3 is 2.50 bits per heavy atom. The molecule has 0 saturated carbocycles. The minimum atomic E-state index is -0.779. The first-order valence-corrected chi connectivity index (χ1v) is 8.69. The Morgan fingerprint density at radius 1 is 1.12 bits per heavy atom. The molecule has 1 heterocycles. The van der Waals surface area contributed by atoms with Crippen molar-refractivity contribution >= 4 is 34.8 Å². The summed E-state index contributed by atoms with van der Waals surface area (Å²) in [7, 11) is 1.98. The number of nitrogens with zero attached hydrogens (tertiary/aromatic N) is 1. The summed E-state index contributed by atoms with van der Waals surface area (Å²) in [5.41, 5.74) is 1.97. The molecule has 2 aromatic rings. The Bertz CT molecular complexity index is 791. The van der Waals surface area contributed by atoms with Crippen molar-refractivity contribution in [2.45, 2.75) is 31.8 Å². The average molecular weight is 363 g/mol. The first-order chi connectivity index (χ1) is 11.3. The van der Waals surface area contributed by atoms with Crippen LogP contribution in [0.3, 0.4) is 0 Å². The van der Waals surface area contributed by atoms with Crippen molar-refractivity contribution in [3.8, 4) is 0 Å². The van der Waals surface area contributed by atoms with Gasteiger partial charge in [-0.1, -0.05) is 41.4 Å². The maximum atomic E-state index is 13.1. The van der Waals surface area contributed by atoms with Crippen LogP contribution in [-0.2, 0) is 16.8 Å². The molecule has 2 aromatic carbocycles. The van der Waals surface area contributed by atoms with Crippen LogP contribution in [0.25, 0.3) is 0 Å². The molecule has 0 aromatic heterocycles. The smallest absolute Gasteiger partial charge is 0.249 e. The minimum Gasteiger partial charge on any atom is -0.324 e. The molecule has 1 atom stereocenters. The highest BCUT2D eigenvalue weighted by Gasteiger charge is 2.50. The Labute approximate surface area is 152 Å². The largest absolute Gasteiger partial charge is 0.324 e. The van der Waals surface area contributed by atoms with Crippen LogP contribution in [0, 0.1) is 0 Å². The maximum Gasteiger partial charge on any atom is 0.249 e. The van der Waals surface area contributed by atoms with Crippen molar-refractivity contribution in [1.29, 1.82) is 0 Å². The number of rotatable bonds is 4. The number of anilines is 1. The number of carbonyl (C=O) groups is 1. The number of nitrogens with one attached hydrogen (secondary N) is 1. The maximum absolute atomic E-state index is 13.1. The molecule has 0 bridgehead atoms. The highest BCUT2D eigenvalue weighted by atomic mass is 35.5. The molecule has 0 spiro atoms. The minimum absolute atomic E-state index is 0.0315. The van der Waals surface area contributed by atoms with Crippen LogP contribution in [-0.4, -0.2) is 23.9 Å². The predicted molar refractivity (Wildman–Crippen MR) is 99.8 cm³/mol. The van der Waals surface area contributed by atoms with Crippen LogP contribution in [0.1, 0.15) is 25.0 Å². The van der Waals surface area contributed by atoms with E-state index in [0.29, 0.717) is 16.5 Å². The number of likely N-dealkylation sites (N-methyl/N-ethyl adjacent to an activating group) is 1. The number of hydrogen-bond donors (Lipinski definition) is 1. The van der Waals surface area contributed by atoms with E-state index < -0.39 is 5.54 Å². The molecule has 0 saturated heterocycles. The second-order valence-electron chi connectivity index (χ2n) is 6.52. The lowest BCUT2D eigenvalue weighted by atomic mass is 9.82. The molecule has 0 aliphatic carbocycles. The van der Waals surface area contributed by atoms with Gasteiger partial charge in [0.2, 0.25) is 5.91 Å². The number of fused-ring (bicyclic) bond motifs is 1. The van der Waals surface area contributed by atoms with E-state index in [2.05, 4.69) is 24.1 Å². The summed E-state index contributed by atoms with van der Waals surface area (Å²) in [4.78, 5) is 15.2. The second-order valence-corrected chi connectivity index (χ2v) is 7.39. The summed E-state index contributed by atoms with van der Waals surface area (Å²) in [5, 5.41) is 4.28. The normalized spacial score (nSPS) is 19.7. The highest BCUT2D eigenvalue weighted by Crippen LogP contribution is 2.44. The molecule has 1 aliphatic rings. The summed E-state index contributed by atoms with van der Waals surface area (Å²) in [5.74, 6) is -0.0315. The Hall–Kier alpha value is -1.55. The van der Waals surface area contributed by atoms with E-state index in [-0.39, 0.29) is 11.9 Å². The van der Waals surface area contributed by atoms with Crippen LogP contribution in [0.4, 0.5) is 5.69 Å². The zero-order valence-corrected chi connectivity index (χ0v) is 15.4. The molecule has 0 fully saturated rings. The summed E-state index contributed by atoms with van der Waals surface area (Å²) in [6, 6.07) is 13.4. The number of carbonyl (C=O) groups excluding carboxylic acids is 1. The predicted octanol–water partition coefficient (Wildman–Crippen LogP) is 4.72. The molecule has 1 unspecified atom stereocenters. The van der Waals surface area contributed by atoms with Crippen LogP contribution < -0.4 is 5.32 Å². The molecule has 1 amide bonds. The van der Waals surface area contributed by atoms with Gasteiger partial charge in [-0.15, -0.1) is 0 Å². The molecular weight excluding hydrogens is 343 g/mol. The summed E-state index contributed by atoms with van der Waals surface area (Å²) in [6.45, 7) is 4.17. The topological polar surface area (TPSA) is 32.3 Å². The molecular formula is C19H20Cl2N2O. The molecule has 24 heavy (non-hydrogen) atoms. The third-order valence-electron chi connectivity index (χ3n) is 4.78. The van der Waals surface area contributed by atoms with E-state index >= 15 is 0 Å². The summed E-state index contributed by atoms with van der Waals surface area (Å²) < 4.78 is 0. The number of amides is 1. The lowest BCUT2D eigenvalue weighted by Crippen LogP contribution is -2.53. The van der Waals surface area contributed by atoms with E-state index in [1.54, 1.807) is 0 Å². The van der Waals surface area contributed by atoms with Crippen LogP contribution in [0.2, 0.25) is 10.0 Å². The van der Waals surface area contributed by atoms with Crippen molar-refractivity contribution < 1.29 is 4.79 Å². The first kappa shape index (κ1) is 17.3. The average Bonchev–Trinajstić information content (AvgIpc) is 2.78. The zero-order chi connectivity index (χ0) is 17.5. The van der Waals surface area contributed by atoms with Crippen LogP contribution in [0.15, 0.2) is 42.5 Å². The van der Waals surface area contributed by atoms with Gasteiger partial charge in [-0.05, 0) is 50.7 Å². The van der Waals surface area contributed by atoms with Gasteiger partial charge in [0.25, 0.3) is 0 Å². The monoisotopic (exact) mass is 362 g/mol. The van der Waals surface area contributed by atoms with Gasteiger partial charge in [-0.25, -0.2) is 0 Å². The molecule has 3 rings (SSSR count). The lowest BCUT2D eigenvalue weighted by molar-refractivity contribution is -0.128. The van der Waals surface area contributed by atoms with Crippen molar-refractivity contribution in [2.75, 3.05) is 12.4 Å². The van der Waals surface area contributed by atoms with Crippen LogP contribution in [0.5, 0.6) is 0 Å². The fourth-order valence-electron chi connectivity index (χ4n) is 3.36. The Kier molecular flexibility index (Phi) is 4.60. The highest BCUT2D eigenvalue weighted by molar-refractivity contribution is 6.31. The van der Waals surface area contributed by atoms with Gasteiger partial charge in [0.1, 0.15) is 5.54 Å². The molecule has 0 radical (unpaired) electrons. The molecule has 5 heteroatoms. The Balaban J connectivity index is 2.16. The van der Waals surface area contributed by atoms with Crippen LogP contribution >= 0.6 is 23.2 Å². The zero-order valence-electron chi connectivity index (χ0n) is 13.9. The van der Waals surface area contributed by atoms with E-state index in [4.69, 9.17) is 23.2 Å². The van der Waals surface area contributed by atoms with Gasteiger partial charge >= 0.3 is 0 Å². The molecule has 126 valence electrons. The van der Waals surface area contributed by atoms with Gasteiger partial charge < -0.3 is 5.32 Å². The molecule has 1 aliphatic heterocycles.